The number of nitrogens with two attached hydrogens (primary N) is 1. The van der Waals surface area contributed by atoms with E-state index in [9.17, 15) is 4.39 Å². The van der Waals surface area contributed by atoms with Gasteiger partial charge in [-0.25, -0.2) is 4.39 Å². The lowest BCUT2D eigenvalue weighted by Gasteiger charge is -2.15. The molecule has 0 saturated heterocycles. The number of pyridine rings is 1. The van der Waals surface area contributed by atoms with Crippen molar-refractivity contribution in [2.24, 2.45) is 10.9 Å². The summed E-state index contributed by atoms with van der Waals surface area (Å²) in [6, 6.07) is 8.13. The van der Waals surface area contributed by atoms with Crippen LogP contribution in [0, 0.1) is 5.82 Å². The lowest BCUT2D eigenvalue weighted by molar-refractivity contribution is 0.318. The third-order valence-corrected chi connectivity index (χ3v) is 3.24. The SMILES string of the molecule is C[C@@H](NCc1ccc(F)cc1/C(N)=N/O)c1cccnc1. The van der Waals surface area contributed by atoms with Gasteiger partial charge in [0.1, 0.15) is 5.82 Å². The van der Waals surface area contributed by atoms with Crippen molar-refractivity contribution in [3.63, 3.8) is 0 Å². The molecule has 0 fully saturated rings. The van der Waals surface area contributed by atoms with Gasteiger partial charge in [0.2, 0.25) is 0 Å². The monoisotopic (exact) mass is 288 g/mol. The van der Waals surface area contributed by atoms with Gasteiger partial charge in [-0.3, -0.25) is 4.98 Å². The summed E-state index contributed by atoms with van der Waals surface area (Å²) in [5, 5.41) is 15.0. The molecule has 1 aromatic carbocycles. The average Bonchev–Trinajstić information content (AvgIpc) is 2.53. The molecule has 5 nitrogen and oxygen atoms in total. The number of hydrogen-bond donors (Lipinski definition) is 3. The molecular weight excluding hydrogens is 271 g/mol. The Bertz CT molecular complexity index is 631. The van der Waals surface area contributed by atoms with E-state index in [4.69, 9.17) is 10.9 Å². The van der Waals surface area contributed by atoms with Crippen LogP contribution in [0.2, 0.25) is 0 Å². The number of rotatable bonds is 5. The zero-order chi connectivity index (χ0) is 15.2. The zero-order valence-electron chi connectivity index (χ0n) is 11.6. The van der Waals surface area contributed by atoms with Crippen LogP contribution >= 0.6 is 0 Å². The molecule has 0 aliphatic carbocycles. The number of halogens is 1. The highest BCUT2D eigenvalue weighted by molar-refractivity contribution is 5.98. The molecule has 0 amide bonds. The summed E-state index contributed by atoms with van der Waals surface area (Å²) in [5.41, 5.74) is 7.75. The van der Waals surface area contributed by atoms with Gasteiger partial charge in [-0.1, -0.05) is 17.3 Å². The minimum atomic E-state index is -0.430. The van der Waals surface area contributed by atoms with Gasteiger partial charge >= 0.3 is 0 Å². The summed E-state index contributed by atoms with van der Waals surface area (Å²) in [4.78, 5) is 4.07. The molecule has 2 rings (SSSR count). The Kier molecular flexibility index (Phi) is 4.84. The van der Waals surface area contributed by atoms with E-state index >= 15 is 0 Å². The summed E-state index contributed by atoms with van der Waals surface area (Å²) >= 11 is 0. The van der Waals surface area contributed by atoms with E-state index < -0.39 is 5.82 Å². The Balaban J connectivity index is 2.13. The fourth-order valence-corrected chi connectivity index (χ4v) is 2.01. The van der Waals surface area contributed by atoms with E-state index in [0.29, 0.717) is 12.1 Å². The van der Waals surface area contributed by atoms with Gasteiger partial charge in [-0.15, -0.1) is 0 Å². The van der Waals surface area contributed by atoms with Gasteiger partial charge in [0.25, 0.3) is 0 Å². The number of nitrogens with one attached hydrogen (secondary N) is 1. The number of oxime groups is 1. The van der Waals surface area contributed by atoms with E-state index in [2.05, 4.69) is 15.5 Å². The van der Waals surface area contributed by atoms with Gasteiger partial charge in [-0.05, 0) is 36.2 Å². The summed E-state index contributed by atoms with van der Waals surface area (Å²) in [6.07, 6.45) is 3.50. The average molecular weight is 288 g/mol. The molecule has 0 aliphatic heterocycles. The third kappa shape index (κ3) is 3.76. The van der Waals surface area contributed by atoms with Gasteiger partial charge < -0.3 is 16.3 Å². The molecule has 21 heavy (non-hydrogen) atoms. The number of nitrogens with zero attached hydrogens (tertiary/aromatic N) is 2. The van der Waals surface area contributed by atoms with E-state index in [-0.39, 0.29) is 11.9 Å². The van der Waals surface area contributed by atoms with Crippen LogP contribution in [0.3, 0.4) is 0 Å². The van der Waals surface area contributed by atoms with Crippen molar-refractivity contribution in [3.8, 4) is 0 Å². The number of hydrogen-bond acceptors (Lipinski definition) is 4. The maximum Gasteiger partial charge on any atom is 0.170 e. The van der Waals surface area contributed by atoms with Gasteiger partial charge in [0, 0.05) is 30.5 Å². The molecule has 1 heterocycles. The quantitative estimate of drug-likeness (QED) is 0.341. The largest absolute Gasteiger partial charge is 0.409 e. The number of aromatic nitrogens is 1. The van der Waals surface area contributed by atoms with Gasteiger partial charge in [-0.2, -0.15) is 0 Å². The Hall–Kier alpha value is -2.47. The van der Waals surface area contributed by atoms with Crippen LogP contribution in [0.5, 0.6) is 0 Å². The molecule has 110 valence electrons. The first-order chi connectivity index (χ1) is 10.1. The second-order valence-electron chi connectivity index (χ2n) is 4.68. The summed E-state index contributed by atoms with van der Waals surface area (Å²) in [5.74, 6) is -0.541. The highest BCUT2D eigenvalue weighted by Crippen LogP contribution is 2.15. The molecule has 1 aromatic heterocycles. The second kappa shape index (κ2) is 6.81. The Labute approximate surface area is 122 Å². The molecule has 2 aromatic rings. The Morgan fingerprint density at radius 2 is 2.29 bits per heavy atom. The van der Waals surface area contributed by atoms with Crippen LogP contribution in [0.25, 0.3) is 0 Å². The maximum absolute atomic E-state index is 13.3. The van der Waals surface area contributed by atoms with Crippen LogP contribution in [0.4, 0.5) is 4.39 Å². The van der Waals surface area contributed by atoms with Crippen LogP contribution in [0.15, 0.2) is 47.9 Å². The predicted molar refractivity (Wildman–Crippen MR) is 78.4 cm³/mol. The smallest absolute Gasteiger partial charge is 0.170 e. The second-order valence-corrected chi connectivity index (χ2v) is 4.68. The molecule has 0 aliphatic rings. The first kappa shape index (κ1) is 14.9. The van der Waals surface area contributed by atoms with Crippen LogP contribution in [-0.2, 0) is 6.54 Å². The maximum atomic E-state index is 13.3. The number of amidine groups is 1. The van der Waals surface area contributed by atoms with E-state index in [1.54, 1.807) is 18.5 Å². The van der Waals surface area contributed by atoms with Crippen molar-refractivity contribution in [2.45, 2.75) is 19.5 Å². The van der Waals surface area contributed by atoms with E-state index in [0.717, 1.165) is 11.1 Å². The summed E-state index contributed by atoms with van der Waals surface area (Å²) in [6.45, 7) is 2.46. The topological polar surface area (TPSA) is 83.5 Å². The molecule has 0 unspecified atom stereocenters. The molecule has 0 spiro atoms. The Morgan fingerprint density at radius 3 is 2.95 bits per heavy atom. The Morgan fingerprint density at radius 1 is 1.48 bits per heavy atom. The van der Waals surface area contributed by atoms with Gasteiger partial charge in [0.05, 0.1) is 0 Å². The molecular formula is C15H17FN4O. The number of benzene rings is 1. The van der Waals surface area contributed by atoms with Gasteiger partial charge in [0.15, 0.2) is 5.84 Å². The standard InChI is InChI=1S/C15H17FN4O/c1-10(11-3-2-6-18-8-11)19-9-12-4-5-13(16)7-14(12)15(17)20-21/h2-8,10,19,21H,9H2,1H3,(H2,17,20)/t10-/m1/s1. The fourth-order valence-electron chi connectivity index (χ4n) is 2.01. The lowest BCUT2D eigenvalue weighted by atomic mass is 10.1. The minimum absolute atomic E-state index is 0.0730. The highest BCUT2D eigenvalue weighted by atomic mass is 19.1. The molecule has 0 saturated carbocycles. The molecule has 4 N–H and O–H groups in total. The molecule has 6 heteroatoms. The third-order valence-electron chi connectivity index (χ3n) is 3.24. The van der Waals surface area contributed by atoms with E-state index in [1.807, 2.05) is 19.1 Å². The summed E-state index contributed by atoms with van der Waals surface area (Å²) in [7, 11) is 0. The molecule has 1 atom stereocenters. The van der Waals surface area contributed by atoms with Crippen molar-refractivity contribution < 1.29 is 9.60 Å². The van der Waals surface area contributed by atoms with Crippen molar-refractivity contribution >= 4 is 5.84 Å². The lowest BCUT2D eigenvalue weighted by Crippen LogP contribution is -2.22. The van der Waals surface area contributed by atoms with E-state index in [1.165, 1.54) is 12.1 Å². The highest BCUT2D eigenvalue weighted by Gasteiger charge is 2.11. The molecule has 0 radical (unpaired) electrons. The fraction of sp³-hybridized carbons (Fsp3) is 0.200. The first-order valence-corrected chi connectivity index (χ1v) is 6.51. The van der Waals surface area contributed by atoms with Crippen molar-refractivity contribution in [3.05, 3.63) is 65.2 Å². The van der Waals surface area contributed by atoms with Crippen molar-refractivity contribution in [1.82, 2.24) is 10.3 Å². The zero-order valence-corrected chi connectivity index (χ0v) is 11.6. The minimum Gasteiger partial charge on any atom is -0.409 e. The summed E-state index contributed by atoms with van der Waals surface area (Å²) < 4.78 is 13.3. The molecule has 0 bridgehead atoms. The predicted octanol–water partition coefficient (Wildman–Crippen LogP) is 2.17. The van der Waals surface area contributed by atoms with Crippen molar-refractivity contribution in [2.75, 3.05) is 0 Å². The van der Waals surface area contributed by atoms with Crippen molar-refractivity contribution in [1.29, 1.82) is 0 Å². The first-order valence-electron chi connectivity index (χ1n) is 6.51. The normalized spacial score (nSPS) is 13.1. The van der Waals surface area contributed by atoms with Crippen LogP contribution in [-0.4, -0.2) is 16.0 Å². The van der Waals surface area contributed by atoms with Crippen LogP contribution in [0.1, 0.15) is 29.7 Å². The van der Waals surface area contributed by atoms with Crippen LogP contribution < -0.4 is 11.1 Å².